The van der Waals surface area contributed by atoms with Gasteiger partial charge < -0.3 is 10.2 Å². The Morgan fingerprint density at radius 3 is 2.00 bits per heavy atom. The number of amides is 1. The van der Waals surface area contributed by atoms with Crippen molar-refractivity contribution in [1.82, 2.24) is 15.1 Å². The van der Waals surface area contributed by atoms with E-state index in [1.165, 1.54) is 0 Å². The standard InChI is InChI=1S/C14H29N3O/c1-10(2)17(11(3)4)14(18)9-16-7-12(5)15-13(6)8-16/h10-13,15H,7-9H2,1-6H3. The molecule has 1 aliphatic heterocycles. The number of piperazine rings is 1. The number of nitrogens with one attached hydrogen (secondary N) is 1. The summed E-state index contributed by atoms with van der Waals surface area (Å²) in [6.07, 6.45) is 0. The molecule has 18 heavy (non-hydrogen) atoms. The van der Waals surface area contributed by atoms with Gasteiger partial charge in [0.25, 0.3) is 0 Å². The fourth-order valence-corrected chi connectivity index (χ4v) is 3.01. The molecule has 2 atom stereocenters. The molecule has 1 fully saturated rings. The molecule has 2 unspecified atom stereocenters. The fraction of sp³-hybridized carbons (Fsp3) is 0.929. The molecule has 1 rings (SSSR count). The van der Waals surface area contributed by atoms with Crippen molar-refractivity contribution in [2.75, 3.05) is 19.6 Å². The Kier molecular flexibility index (Phi) is 5.60. The third-order valence-electron chi connectivity index (χ3n) is 3.39. The quantitative estimate of drug-likeness (QED) is 0.823. The summed E-state index contributed by atoms with van der Waals surface area (Å²) in [5.74, 6) is 0.251. The van der Waals surface area contributed by atoms with Crippen LogP contribution in [0.15, 0.2) is 0 Å². The molecular weight excluding hydrogens is 226 g/mol. The largest absolute Gasteiger partial charge is 0.337 e. The zero-order valence-electron chi connectivity index (χ0n) is 12.7. The highest BCUT2D eigenvalue weighted by Gasteiger charge is 2.26. The zero-order chi connectivity index (χ0) is 13.9. The minimum atomic E-state index is 0.251. The first-order valence-corrected chi connectivity index (χ1v) is 7.10. The molecule has 1 aliphatic rings. The molecule has 1 heterocycles. The lowest BCUT2D eigenvalue weighted by atomic mass is 10.1. The average molecular weight is 255 g/mol. The lowest BCUT2D eigenvalue weighted by molar-refractivity contribution is -0.136. The van der Waals surface area contributed by atoms with Gasteiger partial charge in [-0.2, -0.15) is 0 Å². The molecule has 1 N–H and O–H groups in total. The van der Waals surface area contributed by atoms with Crippen molar-refractivity contribution < 1.29 is 4.79 Å². The minimum Gasteiger partial charge on any atom is -0.337 e. The van der Waals surface area contributed by atoms with Crippen LogP contribution in [0.3, 0.4) is 0 Å². The first-order valence-electron chi connectivity index (χ1n) is 7.10. The lowest BCUT2D eigenvalue weighted by Gasteiger charge is -2.38. The predicted molar refractivity (Wildman–Crippen MR) is 75.6 cm³/mol. The Morgan fingerprint density at radius 1 is 1.17 bits per heavy atom. The second-order valence-corrected chi connectivity index (χ2v) is 6.15. The third-order valence-corrected chi connectivity index (χ3v) is 3.39. The lowest BCUT2D eigenvalue weighted by Crippen LogP contribution is -2.57. The van der Waals surface area contributed by atoms with E-state index in [0.717, 1.165) is 13.1 Å². The van der Waals surface area contributed by atoms with Gasteiger partial charge in [0.2, 0.25) is 5.91 Å². The highest BCUT2D eigenvalue weighted by atomic mass is 16.2. The highest BCUT2D eigenvalue weighted by molar-refractivity contribution is 5.78. The number of carbonyl (C=O) groups is 1. The Balaban J connectivity index is 2.57. The Hall–Kier alpha value is -0.610. The van der Waals surface area contributed by atoms with Gasteiger partial charge in [0.15, 0.2) is 0 Å². The summed E-state index contributed by atoms with van der Waals surface area (Å²) in [5, 5.41) is 3.49. The molecular formula is C14H29N3O. The van der Waals surface area contributed by atoms with Gasteiger partial charge >= 0.3 is 0 Å². The monoisotopic (exact) mass is 255 g/mol. The summed E-state index contributed by atoms with van der Waals surface area (Å²) in [6, 6.07) is 1.48. The van der Waals surface area contributed by atoms with Crippen molar-refractivity contribution in [3.8, 4) is 0 Å². The first-order chi connectivity index (χ1) is 8.31. The smallest absolute Gasteiger partial charge is 0.237 e. The van der Waals surface area contributed by atoms with Gasteiger partial charge in [-0.1, -0.05) is 0 Å². The van der Waals surface area contributed by atoms with Crippen LogP contribution in [0.5, 0.6) is 0 Å². The second-order valence-electron chi connectivity index (χ2n) is 6.15. The van der Waals surface area contributed by atoms with Crippen molar-refractivity contribution in [2.24, 2.45) is 0 Å². The van der Waals surface area contributed by atoms with Crippen LogP contribution in [-0.2, 0) is 4.79 Å². The van der Waals surface area contributed by atoms with Gasteiger partial charge in [-0.15, -0.1) is 0 Å². The van der Waals surface area contributed by atoms with Crippen LogP contribution in [0.2, 0.25) is 0 Å². The summed E-state index contributed by atoms with van der Waals surface area (Å²) < 4.78 is 0. The van der Waals surface area contributed by atoms with Crippen molar-refractivity contribution >= 4 is 5.91 Å². The normalized spacial score (nSPS) is 25.8. The van der Waals surface area contributed by atoms with E-state index < -0.39 is 0 Å². The van der Waals surface area contributed by atoms with Gasteiger partial charge in [-0.25, -0.2) is 0 Å². The SMILES string of the molecule is CC1CN(CC(=O)N(C(C)C)C(C)C)CC(C)N1. The van der Waals surface area contributed by atoms with E-state index in [2.05, 4.69) is 51.8 Å². The molecule has 106 valence electrons. The van der Waals surface area contributed by atoms with E-state index >= 15 is 0 Å². The molecule has 1 amide bonds. The maximum atomic E-state index is 12.4. The third kappa shape index (κ3) is 4.25. The Labute approximate surface area is 112 Å². The molecule has 0 radical (unpaired) electrons. The van der Waals surface area contributed by atoms with E-state index in [0.29, 0.717) is 18.6 Å². The van der Waals surface area contributed by atoms with E-state index in [1.807, 2.05) is 4.90 Å². The van der Waals surface area contributed by atoms with E-state index in [1.54, 1.807) is 0 Å². The van der Waals surface area contributed by atoms with Gasteiger partial charge in [0.1, 0.15) is 0 Å². The van der Waals surface area contributed by atoms with Crippen LogP contribution in [0.25, 0.3) is 0 Å². The molecule has 0 aromatic carbocycles. The number of rotatable bonds is 4. The van der Waals surface area contributed by atoms with E-state index in [4.69, 9.17) is 0 Å². The molecule has 0 spiro atoms. The summed E-state index contributed by atoms with van der Waals surface area (Å²) >= 11 is 0. The van der Waals surface area contributed by atoms with Crippen LogP contribution < -0.4 is 5.32 Å². The molecule has 4 heteroatoms. The number of hydrogen-bond acceptors (Lipinski definition) is 3. The Bertz CT molecular complexity index is 260. The molecule has 0 bridgehead atoms. The summed E-state index contributed by atoms with van der Waals surface area (Å²) in [7, 11) is 0. The minimum absolute atomic E-state index is 0.251. The van der Waals surface area contributed by atoms with Crippen LogP contribution in [0, 0.1) is 0 Å². The van der Waals surface area contributed by atoms with Crippen molar-refractivity contribution in [3.05, 3.63) is 0 Å². The van der Waals surface area contributed by atoms with Crippen molar-refractivity contribution in [3.63, 3.8) is 0 Å². The van der Waals surface area contributed by atoms with Crippen LogP contribution >= 0.6 is 0 Å². The van der Waals surface area contributed by atoms with Gasteiger partial charge in [0.05, 0.1) is 6.54 Å². The highest BCUT2D eigenvalue weighted by Crippen LogP contribution is 2.09. The van der Waals surface area contributed by atoms with Gasteiger partial charge in [0, 0.05) is 37.3 Å². The summed E-state index contributed by atoms with van der Waals surface area (Å²) in [5.41, 5.74) is 0. The Morgan fingerprint density at radius 2 is 1.61 bits per heavy atom. The zero-order valence-corrected chi connectivity index (χ0v) is 12.7. The summed E-state index contributed by atoms with van der Waals surface area (Å²) in [6.45, 7) is 15.2. The molecule has 0 aliphatic carbocycles. The maximum absolute atomic E-state index is 12.4. The number of nitrogens with zero attached hydrogens (tertiary/aromatic N) is 2. The maximum Gasteiger partial charge on any atom is 0.237 e. The van der Waals surface area contributed by atoms with Crippen LogP contribution in [0.4, 0.5) is 0 Å². The van der Waals surface area contributed by atoms with Crippen LogP contribution in [0.1, 0.15) is 41.5 Å². The van der Waals surface area contributed by atoms with Crippen LogP contribution in [-0.4, -0.2) is 59.5 Å². The van der Waals surface area contributed by atoms with Crippen molar-refractivity contribution in [1.29, 1.82) is 0 Å². The number of carbonyl (C=O) groups excluding carboxylic acids is 1. The molecule has 0 aromatic heterocycles. The second kappa shape index (κ2) is 6.53. The summed E-state index contributed by atoms with van der Waals surface area (Å²) in [4.78, 5) is 16.6. The number of hydrogen-bond donors (Lipinski definition) is 1. The molecule has 0 aromatic rings. The van der Waals surface area contributed by atoms with Gasteiger partial charge in [-0.05, 0) is 41.5 Å². The fourth-order valence-electron chi connectivity index (χ4n) is 3.01. The van der Waals surface area contributed by atoms with Gasteiger partial charge in [-0.3, -0.25) is 9.69 Å². The molecule has 1 saturated heterocycles. The molecule has 0 saturated carbocycles. The van der Waals surface area contributed by atoms with Crippen molar-refractivity contribution in [2.45, 2.75) is 65.7 Å². The predicted octanol–water partition coefficient (Wildman–Crippen LogP) is 1.31. The average Bonchev–Trinajstić information content (AvgIpc) is 2.13. The first kappa shape index (κ1) is 15.4. The molecule has 4 nitrogen and oxygen atoms in total. The van der Waals surface area contributed by atoms with E-state index in [9.17, 15) is 4.79 Å². The van der Waals surface area contributed by atoms with E-state index in [-0.39, 0.29) is 18.0 Å². The topological polar surface area (TPSA) is 35.6 Å².